The fraction of sp³-hybridized carbons (Fsp3) is 0.750. The Labute approximate surface area is 508 Å². The Bertz CT molecular complexity index is 1590. The summed E-state index contributed by atoms with van der Waals surface area (Å²) in [5.41, 5.74) is 0. The first-order valence-electron chi connectivity index (χ1n) is 35.2. The summed E-state index contributed by atoms with van der Waals surface area (Å²) >= 11 is 0. The average molecular weight is 1140 g/mol. The van der Waals surface area contributed by atoms with Crippen LogP contribution in [0.1, 0.15) is 348 Å². The summed E-state index contributed by atoms with van der Waals surface area (Å²) in [6.45, 7) is 6.47. The molecule has 0 saturated carbocycles. The molecular formula is C76H132O6. The van der Waals surface area contributed by atoms with E-state index in [1.54, 1.807) is 0 Å². The van der Waals surface area contributed by atoms with E-state index in [4.69, 9.17) is 14.2 Å². The van der Waals surface area contributed by atoms with Crippen LogP contribution in [0, 0.1) is 0 Å². The molecule has 0 bridgehead atoms. The number of allylic oxidation sites excluding steroid dienone is 15. The van der Waals surface area contributed by atoms with E-state index in [0.29, 0.717) is 12.8 Å². The lowest BCUT2D eigenvalue weighted by atomic mass is 10.0. The maximum absolute atomic E-state index is 12.9. The van der Waals surface area contributed by atoms with Crippen molar-refractivity contribution in [1.29, 1.82) is 0 Å². The Morgan fingerprint density at radius 1 is 0.268 bits per heavy atom. The number of rotatable bonds is 64. The molecule has 0 aliphatic rings. The first-order chi connectivity index (χ1) is 40.5. The first-order valence-corrected chi connectivity index (χ1v) is 35.2. The highest BCUT2D eigenvalue weighted by Gasteiger charge is 2.19. The van der Waals surface area contributed by atoms with Crippen molar-refractivity contribution in [1.82, 2.24) is 0 Å². The van der Waals surface area contributed by atoms with Crippen molar-refractivity contribution >= 4 is 17.9 Å². The molecule has 0 aromatic carbocycles. The third-order valence-corrected chi connectivity index (χ3v) is 15.4. The van der Waals surface area contributed by atoms with Crippen LogP contribution in [0.25, 0.3) is 0 Å². The van der Waals surface area contributed by atoms with E-state index in [2.05, 4.69) is 106 Å². The van der Waals surface area contributed by atoms with Crippen LogP contribution in [0.5, 0.6) is 0 Å². The van der Waals surface area contributed by atoms with Gasteiger partial charge in [-0.15, -0.1) is 0 Å². The molecule has 6 nitrogen and oxygen atoms in total. The summed E-state index contributed by atoms with van der Waals surface area (Å²) in [7, 11) is 0. The molecule has 0 aliphatic heterocycles. The zero-order valence-corrected chi connectivity index (χ0v) is 54.2. The molecule has 0 rings (SSSR count). The minimum Gasteiger partial charge on any atom is -0.462 e. The molecule has 0 amide bonds. The van der Waals surface area contributed by atoms with Gasteiger partial charge < -0.3 is 14.2 Å². The molecule has 82 heavy (non-hydrogen) atoms. The lowest BCUT2D eigenvalue weighted by molar-refractivity contribution is -0.166. The summed E-state index contributed by atoms with van der Waals surface area (Å²) in [5, 5.41) is 0. The van der Waals surface area contributed by atoms with Crippen molar-refractivity contribution in [3.8, 4) is 0 Å². The number of carbonyl (C=O) groups excluding carboxylic acids is 3. The molecule has 0 fully saturated rings. The second-order valence-electron chi connectivity index (χ2n) is 23.4. The van der Waals surface area contributed by atoms with Gasteiger partial charge in [-0.1, -0.05) is 343 Å². The Morgan fingerprint density at radius 3 is 0.854 bits per heavy atom. The van der Waals surface area contributed by atoms with E-state index >= 15 is 0 Å². The molecule has 0 N–H and O–H groups in total. The summed E-state index contributed by atoms with van der Waals surface area (Å²) in [5.74, 6) is -1.02. The summed E-state index contributed by atoms with van der Waals surface area (Å²) in [4.78, 5) is 38.4. The van der Waals surface area contributed by atoms with Gasteiger partial charge in [0.2, 0.25) is 0 Å². The van der Waals surface area contributed by atoms with Crippen LogP contribution in [0.15, 0.2) is 97.2 Å². The van der Waals surface area contributed by atoms with Crippen LogP contribution in [0.4, 0.5) is 0 Å². The fourth-order valence-electron chi connectivity index (χ4n) is 10.1. The molecular weight excluding hydrogens is 1010 g/mol. The number of unbranched alkanes of at least 4 members (excludes halogenated alkanes) is 38. The molecule has 1 unspecified atom stereocenters. The molecule has 472 valence electrons. The van der Waals surface area contributed by atoms with E-state index in [-0.39, 0.29) is 31.6 Å². The topological polar surface area (TPSA) is 78.9 Å². The summed E-state index contributed by atoms with van der Waals surface area (Å²) < 4.78 is 16.9. The molecule has 0 radical (unpaired) electrons. The largest absolute Gasteiger partial charge is 0.462 e. The molecule has 1 atom stereocenters. The van der Waals surface area contributed by atoms with Gasteiger partial charge in [-0.2, -0.15) is 0 Å². The number of esters is 3. The van der Waals surface area contributed by atoms with Gasteiger partial charge in [-0.05, 0) is 83.5 Å². The first kappa shape index (κ1) is 78.3. The van der Waals surface area contributed by atoms with Crippen molar-refractivity contribution in [2.24, 2.45) is 0 Å². The molecule has 0 spiro atoms. The van der Waals surface area contributed by atoms with E-state index in [1.807, 2.05) is 12.2 Å². The van der Waals surface area contributed by atoms with Gasteiger partial charge in [0, 0.05) is 12.8 Å². The second-order valence-corrected chi connectivity index (χ2v) is 23.4. The second kappa shape index (κ2) is 69.8. The number of hydrogen-bond donors (Lipinski definition) is 0. The van der Waals surface area contributed by atoms with Gasteiger partial charge in [0.1, 0.15) is 13.2 Å². The Hall–Kier alpha value is -3.67. The lowest BCUT2D eigenvalue weighted by Gasteiger charge is -2.18. The highest BCUT2D eigenvalue weighted by molar-refractivity contribution is 5.72. The smallest absolute Gasteiger partial charge is 0.309 e. The average Bonchev–Trinajstić information content (AvgIpc) is 3.48. The molecule has 0 heterocycles. The fourth-order valence-corrected chi connectivity index (χ4v) is 10.1. The highest BCUT2D eigenvalue weighted by atomic mass is 16.6. The van der Waals surface area contributed by atoms with Crippen molar-refractivity contribution in [2.75, 3.05) is 13.2 Å². The van der Waals surface area contributed by atoms with E-state index in [9.17, 15) is 14.4 Å². The monoisotopic (exact) mass is 1140 g/mol. The molecule has 0 aliphatic carbocycles. The highest BCUT2D eigenvalue weighted by Crippen LogP contribution is 2.18. The number of carbonyl (C=O) groups is 3. The molecule has 0 saturated heterocycles. The molecule has 6 heteroatoms. The summed E-state index contributed by atoms with van der Waals surface area (Å²) in [6.07, 6.45) is 94.6. The third kappa shape index (κ3) is 67.1. The van der Waals surface area contributed by atoms with Crippen LogP contribution >= 0.6 is 0 Å². The zero-order chi connectivity index (χ0) is 59.2. The minimum atomic E-state index is -0.819. The predicted molar refractivity (Wildman–Crippen MR) is 357 cm³/mol. The van der Waals surface area contributed by atoms with Crippen molar-refractivity contribution in [3.63, 3.8) is 0 Å². The van der Waals surface area contributed by atoms with Crippen molar-refractivity contribution in [2.45, 2.75) is 354 Å². The Morgan fingerprint density at radius 2 is 0.524 bits per heavy atom. The molecule has 0 aromatic heterocycles. The Kier molecular flexibility index (Phi) is 66.7. The third-order valence-electron chi connectivity index (χ3n) is 15.4. The van der Waals surface area contributed by atoms with Crippen LogP contribution in [-0.2, 0) is 28.6 Å². The quantitative estimate of drug-likeness (QED) is 0.0261. The van der Waals surface area contributed by atoms with E-state index in [1.165, 1.54) is 225 Å². The van der Waals surface area contributed by atoms with Gasteiger partial charge in [0.05, 0.1) is 6.42 Å². The maximum atomic E-state index is 12.9. The van der Waals surface area contributed by atoms with Crippen molar-refractivity contribution in [3.05, 3.63) is 97.2 Å². The lowest BCUT2D eigenvalue weighted by Crippen LogP contribution is -2.30. The van der Waals surface area contributed by atoms with Crippen molar-refractivity contribution < 1.29 is 28.6 Å². The van der Waals surface area contributed by atoms with Gasteiger partial charge in [0.25, 0.3) is 0 Å². The van der Waals surface area contributed by atoms with Gasteiger partial charge in [0.15, 0.2) is 6.10 Å². The molecule has 0 aromatic rings. The van der Waals surface area contributed by atoms with Gasteiger partial charge in [-0.25, -0.2) is 0 Å². The predicted octanol–water partition coefficient (Wildman–Crippen LogP) is 24.4. The van der Waals surface area contributed by atoms with Crippen LogP contribution in [0.2, 0.25) is 0 Å². The number of ether oxygens (including phenoxy) is 3. The van der Waals surface area contributed by atoms with Crippen LogP contribution < -0.4 is 0 Å². The maximum Gasteiger partial charge on any atom is 0.309 e. The summed E-state index contributed by atoms with van der Waals surface area (Å²) in [6, 6.07) is 0. The minimum absolute atomic E-state index is 0.106. The van der Waals surface area contributed by atoms with Crippen LogP contribution in [-0.4, -0.2) is 37.2 Å². The van der Waals surface area contributed by atoms with E-state index in [0.717, 1.165) is 83.5 Å². The standard InChI is InChI=1S/C76H132O6/c1-4-7-10-13-16-19-22-25-28-30-32-34-36-37-38-39-40-42-43-45-48-51-54-57-60-63-66-69-75(78)81-72-73(71-80-74(77)68-65-62-59-56-53-50-47-27-24-21-18-15-12-9-6-3)82-76(79)70-67-64-61-58-55-52-49-46-44-41-35-33-31-29-26-23-20-17-14-11-8-5-2/h9,12,18,21-22,25,27,30,32,36-37,47,53,56,62,65,73H,4-8,10-11,13-17,19-20,23-24,26,28-29,31,33-35,38-46,48-52,54-55,57-61,63-64,66-72H2,1-3H3/b12-9-,21-18-,25-22-,32-30-,37-36-,47-27-,56-53-,65-62-. The van der Waals surface area contributed by atoms with Crippen LogP contribution in [0.3, 0.4) is 0 Å². The van der Waals surface area contributed by atoms with E-state index < -0.39 is 12.1 Å². The zero-order valence-electron chi connectivity index (χ0n) is 54.2. The van der Waals surface area contributed by atoms with Gasteiger partial charge in [-0.3, -0.25) is 14.4 Å². The number of hydrogen-bond acceptors (Lipinski definition) is 6. The Balaban J connectivity index is 4.35. The normalized spacial score (nSPS) is 12.7. The van der Waals surface area contributed by atoms with Gasteiger partial charge >= 0.3 is 17.9 Å². The SMILES string of the molecule is CC/C=C\C/C=C\C/C=C\C/C=C\C/C=C\CC(=O)OCC(COC(=O)CCCCCCCCCCCCCC/C=C\C/C=C\C/C=C\CCCCCCC)OC(=O)CCCCCCCCCCCCCCCCCCCCCCCC.